The van der Waals surface area contributed by atoms with Gasteiger partial charge in [0.15, 0.2) is 0 Å². The van der Waals surface area contributed by atoms with Gasteiger partial charge in [0.1, 0.15) is 23.7 Å². The van der Waals surface area contributed by atoms with Crippen LogP contribution in [-0.4, -0.2) is 75.6 Å². The number of nitrogens with zero attached hydrogens (tertiary/aromatic N) is 3. The maximum atomic E-state index is 14.5. The van der Waals surface area contributed by atoms with E-state index in [4.69, 9.17) is 9.72 Å². The van der Waals surface area contributed by atoms with E-state index in [-0.39, 0.29) is 31.2 Å². The van der Waals surface area contributed by atoms with Gasteiger partial charge in [0.25, 0.3) is 11.9 Å². The summed E-state index contributed by atoms with van der Waals surface area (Å²) in [4.78, 5) is 49.0. The highest BCUT2D eigenvalue weighted by molar-refractivity contribution is 7.91. The molecule has 2 aliphatic heterocycles. The fourth-order valence-corrected chi connectivity index (χ4v) is 8.59. The van der Waals surface area contributed by atoms with Crippen LogP contribution in [0.1, 0.15) is 71.6 Å². The molecule has 3 heterocycles. The zero-order valence-electron chi connectivity index (χ0n) is 28.6. The predicted octanol–water partition coefficient (Wildman–Crippen LogP) is 4.28. The van der Waals surface area contributed by atoms with E-state index in [1.54, 1.807) is 11.8 Å². The van der Waals surface area contributed by atoms with Crippen molar-refractivity contribution in [3.05, 3.63) is 66.7 Å². The third-order valence-electron chi connectivity index (χ3n) is 10.8. The van der Waals surface area contributed by atoms with Gasteiger partial charge in [-0.25, -0.2) is 8.42 Å². The molecule has 5 atom stereocenters. The third kappa shape index (κ3) is 6.59. The first-order valence-corrected chi connectivity index (χ1v) is 19.3. The molecular formula is C37H46N6O6S. The van der Waals surface area contributed by atoms with Crippen LogP contribution in [-0.2, 0) is 31.0 Å². The molecule has 2 aromatic carbocycles. The van der Waals surface area contributed by atoms with Crippen molar-refractivity contribution >= 4 is 44.5 Å². The van der Waals surface area contributed by atoms with E-state index in [1.807, 2.05) is 78.2 Å². The first kappa shape index (κ1) is 34.1. The van der Waals surface area contributed by atoms with Crippen LogP contribution in [0.3, 0.4) is 0 Å². The van der Waals surface area contributed by atoms with Crippen LogP contribution in [0.25, 0.3) is 11.0 Å². The van der Waals surface area contributed by atoms with Crippen LogP contribution < -0.4 is 20.1 Å². The van der Waals surface area contributed by atoms with E-state index in [0.29, 0.717) is 31.8 Å². The summed E-state index contributed by atoms with van der Waals surface area (Å²) in [6.45, 7) is 4.39. The van der Waals surface area contributed by atoms with Gasteiger partial charge in [-0.1, -0.05) is 55.3 Å². The normalized spacial score (nSPS) is 28.7. The fourth-order valence-electron chi connectivity index (χ4n) is 7.28. The second-order valence-corrected chi connectivity index (χ2v) is 16.6. The molecule has 13 heteroatoms. The third-order valence-corrected chi connectivity index (χ3v) is 13.0. The Morgan fingerprint density at radius 1 is 1.06 bits per heavy atom. The second kappa shape index (κ2) is 13.4. The van der Waals surface area contributed by atoms with Crippen molar-refractivity contribution < 1.29 is 27.5 Å². The van der Waals surface area contributed by atoms with E-state index >= 15 is 0 Å². The molecule has 3 aromatic rings. The highest BCUT2D eigenvalue weighted by Crippen LogP contribution is 2.47. The van der Waals surface area contributed by atoms with Crippen LogP contribution in [0.4, 0.5) is 5.69 Å². The van der Waals surface area contributed by atoms with Gasteiger partial charge in [0.05, 0.1) is 22.3 Å². The molecule has 3 N–H and O–H groups in total. The summed E-state index contributed by atoms with van der Waals surface area (Å²) < 4.78 is 36.0. The predicted molar refractivity (Wildman–Crippen MR) is 190 cm³/mol. The average molecular weight is 703 g/mol. The first-order valence-electron chi connectivity index (χ1n) is 17.8. The van der Waals surface area contributed by atoms with Crippen LogP contribution in [0.2, 0.25) is 0 Å². The van der Waals surface area contributed by atoms with Crippen LogP contribution >= 0.6 is 0 Å². The van der Waals surface area contributed by atoms with E-state index in [2.05, 4.69) is 15.4 Å². The Balaban J connectivity index is 1.20. The molecule has 2 aliphatic carbocycles. The van der Waals surface area contributed by atoms with Gasteiger partial charge in [-0.05, 0) is 76.6 Å². The van der Waals surface area contributed by atoms with E-state index in [1.165, 1.54) is 0 Å². The smallest absolute Gasteiger partial charge is 0.297 e. The number of anilines is 1. The monoisotopic (exact) mass is 702 g/mol. The van der Waals surface area contributed by atoms with Gasteiger partial charge in [0.2, 0.25) is 21.8 Å². The number of allylic oxidation sites excluding steroid dienone is 1. The van der Waals surface area contributed by atoms with Gasteiger partial charge in [-0.3, -0.25) is 23.7 Å². The summed E-state index contributed by atoms with van der Waals surface area (Å²) >= 11 is 0. The van der Waals surface area contributed by atoms with Crippen molar-refractivity contribution in [2.24, 2.45) is 5.92 Å². The molecule has 0 spiro atoms. The highest BCUT2D eigenvalue weighted by atomic mass is 32.2. The number of imidazole rings is 1. The van der Waals surface area contributed by atoms with E-state index in [9.17, 15) is 22.8 Å². The Morgan fingerprint density at radius 2 is 1.82 bits per heavy atom. The highest BCUT2D eigenvalue weighted by Gasteiger charge is 2.63. The molecule has 1 saturated heterocycles. The largest absolute Gasteiger partial charge is 0.459 e. The zero-order valence-corrected chi connectivity index (χ0v) is 29.5. The summed E-state index contributed by atoms with van der Waals surface area (Å²) in [6, 6.07) is 16.2. The SMILES string of the molecule is CCn1c(O[C@@H]2C[C@H]3C(=O)N[C@]4(C(=O)NS(=O)(=O)C5(C)CC5)C[C@H]4/C=C\CCCCC[C@H](Nc4ccccc4)C(=O)N3C2)nc2ccccc21. The Labute approximate surface area is 293 Å². The number of aryl methyl sites for hydroxylation is 1. The van der Waals surface area contributed by atoms with Crippen LogP contribution in [0, 0.1) is 5.92 Å². The number of nitrogens with one attached hydrogen (secondary N) is 3. The first-order chi connectivity index (χ1) is 24.0. The minimum Gasteiger partial charge on any atom is -0.459 e. The van der Waals surface area contributed by atoms with Crippen molar-refractivity contribution in [2.75, 3.05) is 11.9 Å². The molecule has 4 aliphatic rings. The van der Waals surface area contributed by atoms with Gasteiger partial charge in [-0.2, -0.15) is 4.98 Å². The summed E-state index contributed by atoms with van der Waals surface area (Å²) in [5.41, 5.74) is 1.08. The van der Waals surface area contributed by atoms with Crippen LogP contribution in [0.15, 0.2) is 66.7 Å². The number of carbonyl (C=O) groups excluding carboxylic acids is 3. The van der Waals surface area contributed by atoms with Gasteiger partial charge in [-0.15, -0.1) is 0 Å². The Hall–Kier alpha value is -4.39. The lowest BCUT2D eigenvalue weighted by atomic mass is 10.0. The van der Waals surface area contributed by atoms with E-state index < -0.39 is 50.3 Å². The quantitative estimate of drug-likeness (QED) is 0.295. The van der Waals surface area contributed by atoms with Crippen molar-refractivity contribution in [1.29, 1.82) is 0 Å². The van der Waals surface area contributed by atoms with Crippen molar-refractivity contribution in [3.8, 4) is 6.01 Å². The number of hydrogen-bond acceptors (Lipinski definition) is 8. The molecule has 0 radical (unpaired) electrons. The van der Waals surface area contributed by atoms with Gasteiger partial charge in [0, 0.05) is 24.6 Å². The number of para-hydroxylation sites is 3. The Kier molecular flexibility index (Phi) is 9.12. The molecule has 2 saturated carbocycles. The number of amides is 3. The Morgan fingerprint density at radius 3 is 2.58 bits per heavy atom. The molecule has 12 nitrogen and oxygen atoms in total. The van der Waals surface area contributed by atoms with Crippen molar-refractivity contribution in [2.45, 2.75) is 107 Å². The lowest BCUT2D eigenvalue weighted by molar-refractivity contribution is -0.140. The molecule has 0 unspecified atom stereocenters. The molecule has 266 valence electrons. The molecule has 3 fully saturated rings. The number of fused-ring (bicyclic) bond motifs is 3. The zero-order chi connectivity index (χ0) is 35.1. The number of carbonyl (C=O) groups is 3. The number of aromatic nitrogens is 2. The number of rotatable bonds is 8. The number of benzene rings is 2. The topological polar surface area (TPSA) is 152 Å². The maximum absolute atomic E-state index is 14.5. The summed E-state index contributed by atoms with van der Waals surface area (Å²) in [7, 11) is -3.93. The lowest BCUT2D eigenvalue weighted by Crippen LogP contribution is -2.58. The molecule has 7 rings (SSSR count). The minimum absolute atomic E-state index is 0.145. The molecule has 50 heavy (non-hydrogen) atoms. The molecule has 3 amide bonds. The van der Waals surface area contributed by atoms with Gasteiger partial charge < -0.3 is 20.3 Å². The second-order valence-electron chi connectivity index (χ2n) is 14.4. The number of ether oxygens (including phenoxy) is 1. The van der Waals surface area contributed by atoms with Gasteiger partial charge >= 0.3 is 0 Å². The molecular weight excluding hydrogens is 657 g/mol. The standard InChI is InChI=1S/C37H46N6O6S/c1-3-42-30-19-13-12-17-28(30)39-35(42)49-27-22-31-32(44)40-37(34(46)41-50(47,48)36(2)20-21-36)23-25(37)14-8-5-4-6-11-18-29(33(45)43(31)24-27)38-26-15-9-7-10-16-26/h7-10,12-17,19,25,27,29,31,38H,3-6,11,18,20-24H2,1-2H3,(H,40,44)(H,41,46)/b14-8-/t25-,27-,29+,31+,37-/m1/s1. The number of hydrogen-bond donors (Lipinski definition) is 3. The maximum Gasteiger partial charge on any atom is 0.297 e. The number of sulfonamides is 1. The Bertz CT molecular complexity index is 1910. The summed E-state index contributed by atoms with van der Waals surface area (Å²) in [5.74, 6) is -1.84. The average Bonchev–Trinajstić information content (AvgIpc) is 3.93. The molecule has 1 aromatic heterocycles. The molecule has 0 bridgehead atoms. The summed E-state index contributed by atoms with van der Waals surface area (Å²) in [6.07, 6.45) is 8.73. The van der Waals surface area contributed by atoms with Crippen LogP contribution in [0.5, 0.6) is 6.01 Å². The van der Waals surface area contributed by atoms with Crippen molar-refractivity contribution in [3.63, 3.8) is 0 Å². The minimum atomic E-state index is -3.93. The fraction of sp³-hybridized carbons (Fsp3) is 0.514. The van der Waals surface area contributed by atoms with Crippen molar-refractivity contribution in [1.82, 2.24) is 24.5 Å². The van der Waals surface area contributed by atoms with E-state index in [0.717, 1.165) is 42.4 Å². The summed E-state index contributed by atoms with van der Waals surface area (Å²) in [5, 5.41) is 6.37. The lowest BCUT2D eigenvalue weighted by Gasteiger charge is -2.30.